The van der Waals surface area contributed by atoms with Crippen LogP contribution in [0.3, 0.4) is 0 Å². The number of anilines is 1. The Balaban J connectivity index is 2.12. The third-order valence-corrected chi connectivity index (χ3v) is 3.43. The predicted molar refractivity (Wildman–Crippen MR) is 72.4 cm³/mol. The van der Waals surface area contributed by atoms with Gasteiger partial charge in [-0.15, -0.1) is 0 Å². The van der Waals surface area contributed by atoms with Gasteiger partial charge in [-0.1, -0.05) is 6.07 Å². The summed E-state index contributed by atoms with van der Waals surface area (Å²) in [6.07, 6.45) is 0.536. The molecule has 1 N–H and O–H groups in total. The molecule has 102 valence electrons. The van der Waals surface area contributed by atoms with Crippen LogP contribution in [0.5, 0.6) is 0 Å². The normalized spacial score (nSPS) is 18.4. The van der Waals surface area contributed by atoms with Crippen molar-refractivity contribution in [2.24, 2.45) is 5.92 Å². The smallest absolute Gasteiger partial charge is 0.308 e. The first-order valence-corrected chi connectivity index (χ1v) is 6.28. The summed E-state index contributed by atoms with van der Waals surface area (Å²) in [5.74, 6) is -1.34. The first-order chi connectivity index (χ1) is 8.99. The number of aliphatic carboxylic acids is 1. The first kappa shape index (κ1) is 13.4. The van der Waals surface area contributed by atoms with Gasteiger partial charge in [-0.25, -0.2) is 0 Å². The Hall–Kier alpha value is -2.04. The van der Waals surface area contributed by atoms with Crippen LogP contribution in [0.4, 0.5) is 5.69 Å². The van der Waals surface area contributed by atoms with Gasteiger partial charge in [-0.3, -0.25) is 9.59 Å². The highest BCUT2D eigenvalue weighted by molar-refractivity contribution is 5.95. The van der Waals surface area contributed by atoms with E-state index in [0.717, 1.165) is 5.69 Å². The standard InChI is InChI=1S/C14H18N2O3/c1-15(2)12-5-3-4-10(8-12)13(17)16-7-6-11(9-16)14(18)19/h3-5,8,11H,6-7,9H2,1-2H3,(H,18,19). The van der Waals surface area contributed by atoms with Crippen LogP contribution in [0.15, 0.2) is 24.3 Å². The molecular weight excluding hydrogens is 244 g/mol. The Kier molecular flexibility index (Phi) is 3.74. The molecule has 5 nitrogen and oxygen atoms in total. The van der Waals surface area contributed by atoms with Gasteiger partial charge in [0.25, 0.3) is 5.91 Å². The largest absolute Gasteiger partial charge is 0.481 e. The second-order valence-electron chi connectivity index (χ2n) is 5.02. The zero-order valence-electron chi connectivity index (χ0n) is 11.2. The van der Waals surface area contributed by atoms with Gasteiger partial charge in [0.1, 0.15) is 0 Å². The van der Waals surface area contributed by atoms with Gasteiger partial charge in [-0.05, 0) is 24.6 Å². The van der Waals surface area contributed by atoms with Gasteiger partial charge >= 0.3 is 5.97 Å². The average Bonchev–Trinajstić information content (AvgIpc) is 2.87. The molecule has 0 aromatic heterocycles. The summed E-state index contributed by atoms with van der Waals surface area (Å²) in [7, 11) is 3.83. The molecule has 0 bridgehead atoms. The minimum Gasteiger partial charge on any atom is -0.481 e. The summed E-state index contributed by atoms with van der Waals surface area (Å²) in [6.45, 7) is 0.822. The van der Waals surface area contributed by atoms with Crippen molar-refractivity contribution in [2.45, 2.75) is 6.42 Å². The van der Waals surface area contributed by atoms with Crippen LogP contribution in [0.25, 0.3) is 0 Å². The first-order valence-electron chi connectivity index (χ1n) is 6.28. The van der Waals surface area contributed by atoms with Gasteiger partial charge < -0.3 is 14.9 Å². The Bertz CT molecular complexity index is 499. The highest BCUT2D eigenvalue weighted by atomic mass is 16.4. The molecule has 5 heteroatoms. The number of hydrogen-bond donors (Lipinski definition) is 1. The lowest BCUT2D eigenvalue weighted by atomic mass is 10.1. The second-order valence-corrected chi connectivity index (χ2v) is 5.02. The highest BCUT2D eigenvalue weighted by Gasteiger charge is 2.31. The van der Waals surface area contributed by atoms with Gasteiger partial charge in [0, 0.05) is 38.4 Å². The summed E-state index contributed by atoms with van der Waals surface area (Å²) in [5.41, 5.74) is 1.57. The molecule has 1 aliphatic heterocycles. The van der Waals surface area contributed by atoms with Gasteiger partial charge in [0.05, 0.1) is 5.92 Å². The molecule has 1 unspecified atom stereocenters. The molecule has 1 amide bonds. The van der Waals surface area contributed by atoms with Crippen molar-refractivity contribution >= 4 is 17.6 Å². The van der Waals surface area contributed by atoms with Crippen molar-refractivity contribution in [2.75, 3.05) is 32.1 Å². The van der Waals surface area contributed by atoms with Crippen molar-refractivity contribution in [1.29, 1.82) is 0 Å². The number of hydrogen-bond acceptors (Lipinski definition) is 3. The lowest BCUT2D eigenvalue weighted by molar-refractivity contribution is -0.141. The number of carbonyl (C=O) groups is 2. The predicted octanol–water partition coefficient (Wildman–Crippen LogP) is 1.30. The van der Waals surface area contributed by atoms with Gasteiger partial charge in [0.15, 0.2) is 0 Å². The molecule has 0 aliphatic carbocycles. The molecule has 1 aliphatic rings. The maximum Gasteiger partial charge on any atom is 0.308 e. The molecule has 0 radical (unpaired) electrons. The number of likely N-dealkylation sites (tertiary alicyclic amines) is 1. The fourth-order valence-electron chi connectivity index (χ4n) is 2.25. The Morgan fingerprint density at radius 1 is 1.37 bits per heavy atom. The maximum absolute atomic E-state index is 12.3. The zero-order chi connectivity index (χ0) is 14.0. The molecule has 1 fully saturated rings. The van der Waals surface area contributed by atoms with Crippen molar-refractivity contribution in [1.82, 2.24) is 4.90 Å². The summed E-state index contributed by atoms with van der Waals surface area (Å²) in [5, 5.41) is 8.96. The monoisotopic (exact) mass is 262 g/mol. The lowest BCUT2D eigenvalue weighted by Gasteiger charge is -2.18. The van der Waals surface area contributed by atoms with Crippen LogP contribution in [-0.4, -0.2) is 49.1 Å². The molecule has 1 saturated heterocycles. The van der Waals surface area contributed by atoms with Gasteiger partial charge in [0.2, 0.25) is 0 Å². The highest BCUT2D eigenvalue weighted by Crippen LogP contribution is 2.21. The number of carboxylic acid groups (broad SMARTS) is 1. The molecule has 1 aromatic carbocycles. The second kappa shape index (κ2) is 5.30. The molecular formula is C14H18N2O3. The molecule has 1 atom stereocenters. The van der Waals surface area contributed by atoms with E-state index in [1.807, 2.05) is 37.2 Å². The third-order valence-electron chi connectivity index (χ3n) is 3.43. The Morgan fingerprint density at radius 2 is 2.11 bits per heavy atom. The van der Waals surface area contributed by atoms with E-state index >= 15 is 0 Å². The van der Waals surface area contributed by atoms with E-state index in [1.54, 1.807) is 11.0 Å². The van der Waals surface area contributed by atoms with E-state index < -0.39 is 11.9 Å². The minimum absolute atomic E-state index is 0.0903. The van der Waals surface area contributed by atoms with E-state index in [0.29, 0.717) is 25.1 Å². The molecule has 0 saturated carbocycles. The Morgan fingerprint density at radius 3 is 2.68 bits per heavy atom. The van der Waals surface area contributed by atoms with Crippen molar-refractivity contribution < 1.29 is 14.7 Å². The van der Waals surface area contributed by atoms with Crippen LogP contribution in [0.2, 0.25) is 0 Å². The molecule has 19 heavy (non-hydrogen) atoms. The number of benzene rings is 1. The van der Waals surface area contributed by atoms with E-state index in [4.69, 9.17) is 5.11 Å². The number of carboxylic acids is 1. The quantitative estimate of drug-likeness (QED) is 0.892. The number of nitrogens with zero attached hydrogens (tertiary/aromatic N) is 2. The van der Waals surface area contributed by atoms with E-state index in [-0.39, 0.29) is 5.91 Å². The lowest BCUT2D eigenvalue weighted by Crippen LogP contribution is -2.30. The summed E-state index contributed by atoms with van der Waals surface area (Å²) >= 11 is 0. The van der Waals surface area contributed by atoms with E-state index in [1.165, 1.54) is 0 Å². The molecule has 1 heterocycles. The average molecular weight is 262 g/mol. The van der Waals surface area contributed by atoms with Crippen LogP contribution >= 0.6 is 0 Å². The topological polar surface area (TPSA) is 60.9 Å². The SMILES string of the molecule is CN(C)c1cccc(C(=O)N2CCC(C(=O)O)C2)c1. The fraction of sp³-hybridized carbons (Fsp3) is 0.429. The third kappa shape index (κ3) is 2.86. The van der Waals surface area contributed by atoms with Crippen LogP contribution in [0, 0.1) is 5.92 Å². The number of carbonyl (C=O) groups excluding carboxylic acids is 1. The van der Waals surface area contributed by atoms with Crippen molar-refractivity contribution in [3.8, 4) is 0 Å². The van der Waals surface area contributed by atoms with Gasteiger partial charge in [-0.2, -0.15) is 0 Å². The van der Waals surface area contributed by atoms with Crippen LogP contribution in [-0.2, 0) is 4.79 Å². The Labute approximate surface area is 112 Å². The van der Waals surface area contributed by atoms with Crippen LogP contribution in [0.1, 0.15) is 16.8 Å². The summed E-state index contributed by atoms with van der Waals surface area (Å²) < 4.78 is 0. The van der Waals surface area contributed by atoms with E-state index in [9.17, 15) is 9.59 Å². The number of rotatable bonds is 3. The van der Waals surface area contributed by atoms with Crippen molar-refractivity contribution in [3.63, 3.8) is 0 Å². The summed E-state index contributed by atoms with van der Waals surface area (Å²) in [6, 6.07) is 7.37. The molecule has 2 rings (SSSR count). The molecule has 0 spiro atoms. The zero-order valence-corrected chi connectivity index (χ0v) is 11.2. The fourth-order valence-corrected chi connectivity index (χ4v) is 2.25. The maximum atomic E-state index is 12.3. The van der Waals surface area contributed by atoms with E-state index in [2.05, 4.69) is 0 Å². The minimum atomic E-state index is -0.822. The summed E-state index contributed by atoms with van der Waals surface area (Å²) in [4.78, 5) is 26.8. The number of amides is 1. The molecule has 1 aromatic rings. The van der Waals surface area contributed by atoms with Crippen LogP contribution < -0.4 is 4.90 Å². The van der Waals surface area contributed by atoms with Crippen molar-refractivity contribution in [3.05, 3.63) is 29.8 Å².